The van der Waals surface area contributed by atoms with Gasteiger partial charge in [0.2, 0.25) is 5.91 Å². The molecule has 0 fully saturated rings. The van der Waals surface area contributed by atoms with Gasteiger partial charge in [-0.15, -0.1) is 0 Å². The van der Waals surface area contributed by atoms with Gasteiger partial charge in [0.15, 0.2) is 0 Å². The molecule has 0 aliphatic heterocycles. The summed E-state index contributed by atoms with van der Waals surface area (Å²) in [6.07, 6.45) is 0.875. The predicted octanol–water partition coefficient (Wildman–Crippen LogP) is 2.47. The number of carbonyl (C=O) groups is 1. The molecular weight excluding hydrogens is 250 g/mol. The van der Waals surface area contributed by atoms with E-state index in [0.717, 1.165) is 11.1 Å². The Balaban J connectivity index is 1.99. The molecule has 0 saturated carbocycles. The summed E-state index contributed by atoms with van der Waals surface area (Å²) < 4.78 is 0. The van der Waals surface area contributed by atoms with Gasteiger partial charge in [-0.05, 0) is 17.5 Å². The Morgan fingerprint density at radius 3 is 2.20 bits per heavy atom. The van der Waals surface area contributed by atoms with Crippen molar-refractivity contribution < 1.29 is 9.90 Å². The number of hydrogen-bond donors (Lipinski definition) is 2. The maximum absolute atomic E-state index is 12.1. The number of amides is 1. The van der Waals surface area contributed by atoms with Crippen LogP contribution < -0.4 is 5.32 Å². The third kappa shape index (κ3) is 4.21. The minimum absolute atomic E-state index is 0.0292. The fraction of sp³-hybridized carbons (Fsp3) is 0.235. The Morgan fingerprint density at radius 1 is 1.00 bits per heavy atom. The summed E-state index contributed by atoms with van der Waals surface area (Å²) in [7, 11) is 0. The first kappa shape index (κ1) is 14.3. The van der Waals surface area contributed by atoms with Crippen LogP contribution in [0.3, 0.4) is 0 Å². The highest BCUT2D eigenvalue weighted by Gasteiger charge is 2.13. The van der Waals surface area contributed by atoms with Crippen molar-refractivity contribution >= 4 is 5.91 Å². The molecular formula is C17H19NO2. The van der Waals surface area contributed by atoms with E-state index in [9.17, 15) is 4.79 Å². The molecule has 104 valence electrons. The lowest BCUT2D eigenvalue weighted by Gasteiger charge is -2.18. The summed E-state index contributed by atoms with van der Waals surface area (Å²) in [6.45, 7) is 0.0468. The van der Waals surface area contributed by atoms with E-state index in [1.165, 1.54) is 0 Å². The fourth-order valence-electron chi connectivity index (χ4n) is 2.16. The highest BCUT2D eigenvalue weighted by Crippen LogP contribution is 2.16. The molecule has 1 atom stereocenters. The zero-order valence-electron chi connectivity index (χ0n) is 11.3. The Hall–Kier alpha value is -2.13. The quantitative estimate of drug-likeness (QED) is 0.846. The van der Waals surface area contributed by atoms with E-state index in [1.807, 2.05) is 60.7 Å². The highest BCUT2D eigenvalue weighted by molar-refractivity contribution is 5.79. The van der Waals surface area contributed by atoms with E-state index < -0.39 is 0 Å². The van der Waals surface area contributed by atoms with Gasteiger partial charge in [0, 0.05) is 6.61 Å². The molecule has 2 N–H and O–H groups in total. The van der Waals surface area contributed by atoms with E-state index in [1.54, 1.807) is 0 Å². The molecule has 0 aliphatic carbocycles. The van der Waals surface area contributed by atoms with Crippen molar-refractivity contribution in [3.8, 4) is 0 Å². The van der Waals surface area contributed by atoms with E-state index >= 15 is 0 Å². The Morgan fingerprint density at radius 2 is 1.60 bits per heavy atom. The molecule has 0 radical (unpaired) electrons. The number of carbonyl (C=O) groups excluding carboxylic acids is 1. The second-order valence-corrected chi connectivity index (χ2v) is 4.71. The predicted molar refractivity (Wildman–Crippen MR) is 79.2 cm³/mol. The lowest BCUT2D eigenvalue weighted by molar-refractivity contribution is -0.121. The first-order valence-electron chi connectivity index (χ1n) is 6.78. The van der Waals surface area contributed by atoms with Crippen molar-refractivity contribution in [2.75, 3.05) is 6.61 Å². The van der Waals surface area contributed by atoms with Gasteiger partial charge in [0.25, 0.3) is 0 Å². The maximum Gasteiger partial charge on any atom is 0.224 e. The zero-order chi connectivity index (χ0) is 14.2. The molecule has 1 amide bonds. The Bertz CT molecular complexity index is 525. The molecule has 1 unspecified atom stereocenters. The van der Waals surface area contributed by atoms with Gasteiger partial charge in [0.1, 0.15) is 0 Å². The number of nitrogens with one attached hydrogen (secondary N) is 1. The van der Waals surface area contributed by atoms with Crippen molar-refractivity contribution in [2.24, 2.45) is 0 Å². The molecule has 0 aromatic heterocycles. The SMILES string of the molecule is O=C(Cc1ccccc1)NC(CCO)c1ccccc1. The van der Waals surface area contributed by atoms with Crippen LogP contribution in [-0.4, -0.2) is 17.6 Å². The summed E-state index contributed by atoms with van der Waals surface area (Å²) in [5.74, 6) is -0.0292. The van der Waals surface area contributed by atoms with E-state index in [4.69, 9.17) is 5.11 Å². The molecule has 0 bridgehead atoms. The van der Waals surface area contributed by atoms with Crippen molar-refractivity contribution in [2.45, 2.75) is 18.9 Å². The lowest BCUT2D eigenvalue weighted by atomic mass is 10.0. The summed E-state index contributed by atoms with van der Waals surface area (Å²) in [6, 6.07) is 19.2. The fourth-order valence-corrected chi connectivity index (χ4v) is 2.16. The van der Waals surface area contributed by atoms with Crippen LogP contribution in [0.1, 0.15) is 23.6 Å². The number of rotatable bonds is 6. The van der Waals surface area contributed by atoms with E-state index in [-0.39, 0.29) is 18.6 Å². The molecule has 0 heterocycles. The van der Waals surface area contributed by atoms with Crippen LogP contribution in [0.2, 0.25) is 0 Å². The van der Waals surface area contributed by atoms with Gasteiger partial charge in [-0.1, -0.05) is 60.7 Å². The molecule has 2 rings (SSSR count). The van der Waals surface area contributed by atoms with Crippen LogP contribution in [0.25, 0.3) is 0 Å². The number of benzene rings is 2. The molecule has 0 aliphatic rings. The second kappa shape index (κ2) is 7.46. The summed E-state index contributed by atoms with van der Waals surface area (Å²) >= 11 is 0. The minimum Gasteiger partial charge on any atom is -0.396 e. The van der Waals surface area contributed by atoms with Gasteiger partial charge >= 0.3 is 0 Å². The van der Waals surface area contributed by atoms with Crippen LogP contribution >= 0.6 is 0 Å². The molecule has 3 heteroatoms. The number of aliphatic hydroxyl groups is 1. The van der Waals surface area contributed by atoms with Gasteiger partial charge in [-0.2, -0.15) is 0 Å². The summed E-state index contributed by atoms with van der Waals surface area (Å²) in [5.41, 5.74) is 2.00. The average molecular weight is 269 g/mol. The van der Waals surface area contributed by atoms with Crippen molar-refractivity contribution in [3.05, 3.63) is 71.8 Å². The zero-order valence-corrected chi connectivity index (χ0v) is 11.3. The van der Waals surface area contributed by atoms with Crippen molar-refractivity contribution in [1.29, 1.82) is 0 Å². The standard InChI is InChI=1S/C17H19NO2/c19-12-11-16(15-9-5-2-6-10-15)18-17(20)13-14-7-3-1-4-8-14/h1-10,16,19H,11-13H2,(H,18,20). The monoisotopic (exact) mass is 269 g/mol. The maximum atomic E-state index is 12.1. The Labute approximate surface area is 119 Å². The van der Waals surface area contributed by atoms with Gasteiger partial charge in [-0.25, -0.2) is 0 Å². The number of hydrogen-bond acceptors (Lipinski definition) is 2. The van der Waals surface area contributed by atoms with E-state index in [0.29, 0.717) is 12.8 Å². The second-order valence-electron chi connectivity index (χ2n) is 4.71. The van der Waals surface area contributed by atoms with Gasteiger partial charge in [-0.3, -0.25) is 4.79 Å². The first-order chi connectivity index (χ1) is 9.79. The molecule has 2 aromatic carbocycles. The third-order valence-electron chi connectivity index (χ3n) is 3.16. The highest BCUT2D eigenvalue weighted by atomic mass is 16.3. The first-order valence-corrected chi connectivity index (χ1v) is 6.78. The van der Waals surface area contributed by atoms with Crippen molar-refractivity contribution in [1.82, 2.24) is 5.32 Å². The van der Waals surface area contributed by atoms with Crippen LogP contribution in [0.4, 0.5) is 0 Å². The van der Waals surface area contributed by atoms with Crippen LogP contribution in [-0.2, 0) is 11.2 Å². The lowest BCUT2D eigenvalue weighted by Crippen LogP contribution is -2.30. The average Bonchev–Trinajstić information content (AvgIpc) is 2.49. The summed E-state index contributed by atoms with van der Waals surface area (Å²) in [5, 5.41) is 12.1. The topological polar surface area (TPSA) is 49.3 Å². The molecule has 3 nitrogen and oxygen atoms in total. The third-order valence-corrected chi connectivity index (χ3v) is 3.16. The minimum atomic E-state index is -0.141. The Kier molecular flexibility index (Phi) is 5.33. The normalized spacial score (nSPS) is 11.8. The van der Waals surface area contributed by atoms with Crippen LogP contribution in [0.5, 0.6) is 0 Å². The molecule has 0 saturated heterocycles. The van der Waals surface area contributed by atoms with Crippen LogP contribution in [0, 0.1) is 0 Å². The van der Waals surface area contributed by atoms with E-state index in [2.05, 4.69) is 5.32 Å². The van der Waals surface area contributed by atoms with Gasteiger partial charge < -0.3 is 10.4 Å². The van der Waals surface area contributed by atoms with Crippen molar-refractivity contribution in [3.63, 3.8) is 0 Å². The molecule has 0 spiro atoms. The number of aliphatic hydroxyl groups excluding tert-OH is 1. The van der Waals surface area contributed by atoms with Crippen LogP contribution in [0.15, 0.2) is 60.7 Å². The van der Waals surface area contributed by atoms with Gasteiger partial charge in [0.05, 0.1) is 12.5 Å². The smallest absolute Gasteiger partial charge is 0.224 e. The molecule has 2 aromatic rings. The molecule has 20 heavy (non-hydrogen) atoms. The largest absolute Gasteiger partial charge is 0.396 e. The summed E-state index contributed by atoms with van der Waals surface area (Å²) in [4.78, 5) is 12.1.